The summed E-state index contributed by atoms with van der Waals surface area (Å²) < 4.78 is 0. The van der Waals surface area contributed by atoms with Crippen molar-refractivity contribution < 1.29 is 19.5 Å². The van der Waals surface area contributed by atoms with Gasteiger partial charge >= 0.3 is 5.97 Å². The van der Waals surface area contributed by atoms with Crippen LogP contribution in [0.1, 0.15) is 267 Å². The van der Waals surface area contributed by atoms with Crippen LogP contribution in [0.2, 0.25) is 0 Å². The average molecular weight is 1090 g/mol. The first-order chi connectivity index (χ1) is 39.4. The van der Waals surface area contributed by atoms with Crippen LogP contribution in [0.3, 0.4) is 0 Å². The standard InChI is InChI=1S/C40H55N3O3.C32H53NO/c1-2-3-4-5-6-7-8-9-10-11-12-13-14-15-16-20-30-42-31-22-24-34-32-33(28-29-37(34)42)23-21-27-36-38(40(45)46)41-43(39(36)44)35-25-18-17-19-26-35;1-2-3-4-5-6-7-8-9-10-11-12-13-14-15-16-17-18-19-26-33-27-20-23-31-29-30(22-21-28-34)24-25-32(31)33/h17-19,21,23,25-29,32H,2-16,20,22,24,30-31H2,1H3,(H,45,46);21-22,24-25,28-29H,2-20,23,26-27H2,1H3/b23-21+,36-27-;22-21+. The van der Waals surface area contributed by atoms with Gasteiger partial charge in [0.2, 0.25) is 0 Å². The molecule has 0 fully saturated rings. The predicted molar refractivity (Wildman–Crippen MR) is 343 cm³/mol. The Bertz CT molecular complexity index is 2300. The van der Waals surface area contributed by atoms with E-state index in [2.05, 4.69) is 65.1 Å². The number of aldehydes is 1. The topological polar surface area (TPSA) is 93.5 Å². The molecule has 0 atom stereocenters. The number of anilines is 3. The molecule has 3 aromatic rings. The Morgan fingerprint density at radius 2 is 0.875 bits per heavy atom. The molecule has 0 bridgehead atoms. The van der Waals surface area contributed by atoms with Gasteiger partial charge in [0.1, 0.15) is 6.29 Å². The van der Waals surface area contributed by atoms with Crippen molar-refractivity contribution in [2.24, 2.45) is 5.10 Å². The highest BCUT2D eigenvalue weighted by Crippen LogP contribution is 2.31. The molecule has 0 saturated heterocycles. The van der Waals surface area contributed by atoms with Gasteiger partial charge in [-0.3, -0.25) is 9.59 Å². The number of aryl methyl sites for hydroxylation is 2. The van der Waals surface area contributed by atoms with E-state index in [1.165, 1.54) is 260 Å². The maximum absolute atomic E-state index is 13.0. The van der Waals surface area contributed by atoms with Crippen LogP contribution < -0.4 is 14.8 Å². The number of hydrazone groups is 1. The van der Waals surface area contributed by atoms with Crippen LogP contribution in [0.15, 0.2) is 95.6 Å². The molecule has 8 nitrogen and oxygen atoms in total. The highest BCUT2D eigenvalue weighted by molar-refractivity contribution is 6.52. The third kappa shape index (κ3) is 25.7. The highest BCUT2D eigenvalue weighted by Gasteiger charge is 2.34. The fourth-order valence-electron chi connectivity index (χ4n) is 12.0. The van der Waals surface area contributed by atoms with Crippen molar-refractivity contribution in [1.29, 1.82) is 0 Å². The Kier molecular flexibility index (Phi) is 34.2. The van der Waals surface area contributed by atoms with Crippen LogP contribution in [0, 0.1) is 0 Å². The number of fused-ring (bicyclic) bond motifs is 2. The van der Waals surface area contributed by atoms with Crippen LogP contribution >= 0.6 is 0 Å². The van der Waals surface area contributed by atoms with E-state index >= 15 is 0 Å². The first-order valence-electron chi connectivity index (χ1n) is 32.9. The molecule has 3 heterocycles. The summed E-state index contributed by atoms with van der Waals surface area (Å²) >= 11 is 0. The minimum absolute atomic E-state index is 0.0792. The molecule has 0 aliphatic carbocycles. The molecule has 3 aliphatic rings. The van der Waals surface area contributed by atoms with Gasteiger partial charge in [0.05, 0.1) is 11.3 Å². The summed E-state index contributed by atoms with van der Waals surface area (Å²) in [5.74, 6) is -1.66. The molecule has 0 saturated carbocycles. The van der Waals surface area contributed by atoms with Gasteiger partial charge < -0.3 is 14.9 Å². The number of nitrogens with zero attached hydrogens (tertiary/aromatic N) is 4. The maximum Gasteiger partial charge on any atom is 0.357 e. The molecule has 0 spiro atoms. The predicted octanol–water partition coefficient (Wildman–Crippen LogP) is 19.8. The number of aliphatic carboxylic acids is 1. The average Bonchev–Trinajstić information content (AvgIpc) is 3.84. The fourth-order valence-corrected chi connectivity index (χ4v) is 12.0. The number of carboxylic acid groups (broad SMARTS) is 1. The first kappa shape index (κ1) is 65.6. The number of unbranched alkanes of at least 4 members (excludes halogenated alkanes) is 32. The zero-order chi connectivity index (χ0) is 56.5. The number of para-hydroxylation sites is 1. The highest BCUT2D eigenvalue weighted by atomic mass is 16.4. The summed E-state index contributed by atoms with van der Waals surface area (Å²) in [7, 11) is 0. The van der Waals surface area contributed by atoms with E-state index in [-0.39, 0.29) is 11.3 Å². The Balaban J connectivity index is 0.000000308. The Morgan fingerprint density at radius 1 is 0.500 bits per heavy atom. The second-order valence-corrected chi connectivity index (χ2v) is 23.4. The van der Waals surface area contributed by atoms with Crippen molar-refractivity contribution in [3.8, 4) is 0 Å². The molecule has 3 aromatic carbocycles. The SMILES string of the molecule is CCCCCCCCCCCCCCCCCCCCN1CCCc2cc(/C=C/C=O)ccc21.CCCCCCCCCCCCCCCCCCN1CCCc2cc(/C=C/C=C3\C(=O)N(c4ccccc4)N=C3C(=O)O)ccc21. The van der Waals surface area contributed by atoms with Crippen molar-refractivity contribution in [2.45, 2.75) is 258 Å². The molecular weight excluding hydrogens is 985 g/mol. The summed E-state index contributed by atoms with van der Waals surface area (Å²) in [6.07, 6.45) is 62.2. The van der Waals surface area contributed by atoms with E-state index in [0.29, 0.717) is 5.69 Å². The third-order valence-electron chi connectivity index (χ3n) is 16.7. The Hall–Kier alpha value is -5.24. The number of allylic oxidation sites excluding steroid dienone is 3. The lowest BCUT2D eigenvalue weighted by Gasteiger charge is -2.31. The normalized spacial score (nSPS) is 14.7. The van der Waals surface area contributed by atoms with E-state index in [9.17, 15) is 19.5 Å². The zero-order valence-electron chi connectivity index (χ0n) is 50.5. The van der Waals surface area contributed by atoms with E-state index in [4.69, 9.17) is 0 Å². The molecule has 0 unspecified atom stereocenters. The Labute approximate surface area is 487 Å². The van der Waals surface area contributed by atoms with Crippen molar-refractivity contribution >= 4 is 53.1 Å². The minimum atomic E-state index is -1.22. The van der Waals surface area contributed by atoms with Gasteiger partial charge in [-0.15, -0.1) is 0 Å². The van der Waals surface area contributed by atoms with Crippen molar-refractivity contribution in [1.82, 2.24) is 0 Å². The van der Waals surface area contributed by atoms with E-state index in [1.54, 1.807) is 42.5 Å². The molecule has 8 heteroatoms. The summed E-state index contributed by atoms with van der Waals surface area (Å²) in [5.41, 5.74) is 8.12. The lowest BCUT2D eigenvalue weighted by Crippen LogP contribution is -2.30. The van der Waals surface area contributed by atoms with Crippen LogP contribution in [0.5, 0.6) is 0 Å². The molecule has 6 rings (SSSR count). The summed E-state index contributed by atoms with van der Waals surface area (Å²) in [5, 5.41) is 14.9. The first-order valence-corrected chi connectivity index (χ1v) is 32.9. The lowest BCUT2D eigenvalue weighted by molar-refractivity contribution is -0.129. The smallest absolute Gasteiger partial charge is 0.357 e. The number of carbonyl (C=O) groups is 3. The molecule has 1 amide bonds. The number of carbonyl (C=O) groups excluding carboxylic acids is 2. The third-order valence-corrected chi connectivity index (χ3v) is 16.7. The molecule has 80 heavy (non-hydrogen) atoms. The van der Waals surface area contributed by atoms with Crippen molar-refractivity contribution in [3.05, 3.63) is 113 Å². The van der Waals surface area contributed by atoms with Crippen LogP contribution in [-0.2, 0) is 27.2 Å². The lowest BCUT2D eigenvalue weighted by atomic mass is 9.98. The van der Waals surface area contributed by atoms with E-state index in [1.807, 2.05) is 18.2 Å². The molecular formula is C72H108N4O4. The quantitative estimate of drug-likeness (QED) is 0.0345. The largest absolute Gasteiger partial charge is 0.476 e. The number of carboxylic acids is 1. The van der Waals surface area contributed by atoms with Gasteiger partial charge in [-0.25, -0.2) is 4.79 Å². The Morgan fingerprint density at radius 3 is 1.25 bits per heavy atom. The van der Waals surface area contributed by atoms with Gasteiger partial charge in [0, 0.05) is 37.6 Å². The van der Waals surface area contributed by atoms with Crippen molar-refractivity contribution in [2.75, 3.05) is 41.0 Å². The zero-order valence-corrected chi connectivity index (χ0v) is 50.5. The molecule has 0 radical (unpaired) electrons. The molecule has 1 N–H and O–H groups in total. The van der Waals surface area contributed by atoms with Gasteiger partial charge in [0.15, 0.2) is 5.71 Å². The number of benzene rings is 3. The van der Waals surface area contributed by atoms with Crippen LogP contribution in [0.4, 0.5) is 17.1 Å². The maximum atomic E-state index is 13.0. The van der Waals surface area contributed by atoms with E-state index in [0.717, 1.165) is 54.8 Å². The summed E-state index contributed by atoms with van der Waals surface area (Å²) in [4.78, 5) is 40.5. The fraction of sp³-hybridized carbons (Fsp3) is 0.611. The summed E-state index contributed by atoms with van der Waals surface area (Å²) in [6, 6.07) is 22.1. The number of amides is 1. The van der Waals surface area contributed by atoms with Crippen LogP contribution in [0.25, 0.3) is 12.2 Å². The molecule has 0 aromatic heterocycles. The van der Waals surface area contributed by atoms with Gasteiger partial charge in [0.25, 0.3) is 5.91 Å². The number of hydrogen-bond acceptors (Lipinski definition) is 6. The van der Waals surface area contributed by atoms with Crippen LogP contribution in [-0.4, -0.2) is 55.2 Å². The second kappa shape index (κ2) is 41.7. The van der Waals surface area contributed by atoms with Gasteiger partial charge in [-0.05, 0) is 109 Å². The monoisotopic (exact) mass is 1090 g/mol. The molecule has 3 aliphatic heterocycles. The second-order valence-electron chi connectivity index (χ2n) is 23.4. The van der Waals surface area contributed by atoms with Crippen molar-refractivity contribution in [3.63, 3.8) is 0 Å². The van der Waals surface area contributed by atoms with Gasteiger partial charge in [-0.1, -0.05) is 268 Å². The molecule has 440 valence electrons. The number of rotatable bonds is 42. The summed E-state index contributed by atoms with van der Waals surface area (Å²) in [6.45, 7) is 9.19. The van der Waals surface area contributed by atoms with Gasteiger partial charge in [-0.2, -0.15) is 10.1 Å². The van der Waals surface area contributed by atoms with E-state index < -0.39 is 11.9 Å². The minimum Gasteiger partial charge on any atom is -0.476 e. The number of hydrogen-bond donors (Lipinski definition) is 1.